The molecule has 1 rings (SSSR count). The van der Waals surface area contributed by atoms with Crippen molar-refractivity contribution >= 4 is 16.1 Å². The van der Waals surface area contributed by atoms with E-state index in [0.29, 0.717) is 0 Å². The van der Waals surface area contributed by atoms with Gasteiger partial charge in [0.2, 0.25) is 0 Å². The number of nitrogens with one attached hydrogen (secondary N) is 1. The summed E-state index contributed by atoms with van der Waals surface area (Å²) in [5.74, 6) is -0.445. The molecule has 0 saturated carbocycles. The highest BCUT2D eigenvalue weighted by Gasteiger charge is 2.42. The molecule has 1 N–H and O–H groups in total. The zero-order valence-electron chi connectivity index (χ0n) is 7.23. The largest absolute Gasteiger partial charge is 0.304 e. The van der Waals surface area contributed by atoms with Crippen molar-refractivity contribution in [2.75, 3.05) is 7.05 Å². The molecule has 1 aliphatic rings. The molecule has 0 aliphatic carbocycles. The maximum Gasteiger partial charge on any atom is 0.304 e. The van der Waals surface area contributed by atoms with Crippen LogP contribution in [0.5, 0.6) is 0 Å². The number of nitrogens with zero attached hydrogens (tertiary/aromatic N) is 1. The second-order valence-corrected chi connectivity index (χ2v) is 4.91. The summed E-state index contributed by atoms with van der Waals surface area (Å²) in [5, 5.41) is 0. The number of carbonyl (C=O) groups excluding carboxylic acids is 1. The number of likely N-dealkylation sites (N-methyl/N-ethyl adjacent to an activating group) is 1. The molecule has 70 valence electrons. The number of amides is 1. The number of hydrogen-bond donors (Lipinski definition) is 1. The van der Waals surface area contributed by atoms with Gasteiger partial charge in [0.15, 0.2) is 0 Å². The third kappa shape index (κ3) is 1.32. The van der Waals surface area contributed by atoms with Gasteiger partial charge in [-0.15, -0.1) is 0 Å². The van der Waals surface area contributed by atoms with E-state index >= 15 is 0 Å². The summed E-state index contributed by atoms with van der Waals surface area (Å²) >= 11 is 0. The molecule has 1 heterocycles. The van der Waals surface area contributed by atoms with Gasteiger partial charge in [0.25, 0.3) is 5.91 Å². The monoisotopic (exact) mass is 192 g/mol. The summed E-state index contributed by atoms with van der Waals surface area (Å²) < 4.78 is 25.2. The predicted molar refractivity (Wildman–Crippen MR) is 43.5 cm³/mol. The molecule has 1 saturated heterocycles. The average Bonchev–Trinajstić information content (AvgIpc) is 2.02. The summed E-state index contributed by atoms with van der Waals surface area (Å²) in [6.07, 6.45) is 0. The van der Waals surface area contributed by atoms with Crippen molar-refractivity contribution in [3.05, 3.63) is 0 Å². The van der Waals surface area contributed by atoms with E-state index in [9.17, 15) is 13.2 Å². The standard InChI is InChI=1S/C6H12N2O3S/c1-4(2)5-6(9)7-12(10,11)8(5)3/h4-5H,1-3H3,(H,7,9). The SMILES string of the molecule is CC(C)C1C(=O)NS(=O)(=O)N1C. The van der Waals surface area contributed by atoms with Crippen molar-refractivity contribution in [2.24, 2.45) is 5.92 Å². The molecule has 0 bridgehead atoms. The molecular weight excluding hydrogens is 180 g/mol. The van der Waals surface area contributed by atoms with Crippen LogP contribution in [0, 0.1) is 5.92 Å². The summed E-state index contributed by atoms with van der Waals surface area (Å²) in [7, 11) is -2.13. The Morgan fingerprint density at radius 1 is 1.50 bits per heavy atom. The fraction of sp³-hybridized carbons (Fsp3) is 0.833. The van der Waals surface area contributed by atoms with Gasteiger partial charge in [0.05, 0.1) is 0 Å². The Bertz CT molecular complexity index is 296. The molecule has 0 aromatic carbocycles. The van der Waals surface area contributed by atoms with Crippen molar-refractivity contribution in [2.45, 2.75) is 19.9 Å². The van der Waals surface area contributed by atoms with Gasteiger partial charge in [0.1, 0.15) is 6.04 Å². The first-order chi connectivity index (χ1) is 5.36. The zero-order chi connectivity index (χ0) is 9.52. The van der Waals surface area contributed by atoms with E-state index < -0.39 is 22.2 Å². The van der Waals surface area contributed by atoms with Gasteiger partial charge in [-0.25, -0.2) is 4.72 Å². The summed E-state index contributed by atoms with van der Waals surface area (Å²) in [5.41, 5.74) is 0. The smallest absolute Gasteiger partial charge is 0.272 e. The Kier molecular flexibility index (Phi) is 2.13. The zero-order valence-corrected chi connectivity index (χ0v) is 8.05. The van der Waals surface area contributed by atoms with Crippen LogP contribution >= 0.6 is 0 Å². The molecular formula is C6H12N2O3S. The lowest BCUT2D eigenvalue weighted by Gasteiger charge is -2.17. The van der Waals surface area contributed by atoms with Crippen LogP contribution in [0.3, 0.4) is 0 Å². The summed E-state index contributed by atoms with van der Waals surface area (Å²) in [6, 6.07) is -0.560. The summed E-state index contributed by atoms with van der Waals surface area (Å²) in [4.78, 5) is 11.1. The molecule has 12 heavy (non-hydrogen) atoms. The highest BCUT2D eigenvalue weighted by atomic mass is 32.2. The predicted octanol–water partition coefficient (Wildman–Crippen LogP) is -0.683. The number of hydrogen-bond acceptors (Lipinski definition) is 3. The van der Waals surface area contributed by atoms with Crippen LogP contribution < -0.4 is 4.72 Å². The maximum absolute atomic E-state index is 11.1. The Morgan fingerprint density at radius 3 is 2.17 bits per heavy atom. The fourth-order valence-electron chi connectivity index (χ4n) is 1.30. The van der Waals surface area contributed by atoms with Crippen LogP contribution in [0.2, 0.25) is 0 Å². The first kappa shape index (κ1) is 9.47. The Balaban J connectivity index is 3.01. The van der Waals surface area contributed by atoms with E-state index in [-0.39, 0.29) is 5.92 Å². The fourth-order valence-corrected chi connectivity index (χ4v) is 2.45. The molecule has 1 fully saturated rings. The first-order valence-corrected chi connectivity index (χ1v) is 5.10. The van der Waals surface area contributed by atoms with Gasteiger partial charge in [-0.05, 0) is 5.92 Å². The van der Waals surface area contributed by atoms with Crippen LogP contribution in [0.4, 0.5) is 0 Å². The van der Waals surface area contributed by atoms with Crippen LogP contribution in [-0.4, -0.2) is 31.7 Å². The lowest BCUT2D eigenvalue weighted by molar-refractivity contribution is -0.122. The van der Waals surface area contributed by atoms with Crippen LogP contribution in [0.1, 0.15) is 13.8 Å². The third-order valence-corrected chi connectivity index (χ3v) is 3.35. The van der Waals surface area contributed by atoms with E-state index in [1.165, 1.54) is 7.05 Å². The van der Waals surface area contributed by atoms with Gasteiger partial charge in [-0.1, -0.05) is 13.8 Å². The molecule has 0 radical (unpaired) electrons. The van der Waals surface area contributed by atoms with Crippen molar-refractivity contribution in [1.29, 1.82) is 0 Å². The molecule has 0 aromatic heterocycles. The molecule has 5 nitrogen and oxygen atoms in total. The molecule has 0 spiro atoms. The third-order valence-electron chi connectivity index (χ3n) is 1.90. The van der Waals surface area contributed by atoms with Crippen LogP contribution in [0.15, 0.2) is 0 Å². The number of rotatable bonds is 1. The van der Waals surface area contributed by atoms with E-state index in [4.69, 9.17) is 0 Å². The van der Waals surface area contributed by atoms with Gasteiger partial charge < -0.3 is 0 Å². The molecule has 0 aromatic rings. The van der Waals surface area contributed by atoms with Crippen LogP contribution in [-0.2, 0) is 15.0 Å². The topological polar surface area (TPSA) is 66.5 Å². The molecule has 6 heteroatoms. The minimum Gasteiger partial charge on any atom is -0.272 e. The lowest BCUT2D eigenvalue weighted by atomic mass is 10.0. The van der Waals surface area contributed by atoms with E-state index in [0.717, 1.165) is 4.31 Å². The average molecular weight is 192 g/mol. The maximum atomic E-state index is 11.1. The van der Waals surface area contributed by atoms with Gasteiger partial charge in [0, 0.05) is 7.05 Å². The van der Waals surface area contributed by atoms with Gasteiger partial charge >= 0.3 is 10.2 Å². The quantitative estimate of drug-likeness (QED) is 0.598. The summed E-state index contributed by atoms with van der Waals surface area (Å²) in [6.45, 7) is 3.61. The molecule has 1 aliphatic heterocycles. The highest BCUT2D eigenvalue weighted by molar-refractivity contribution is 7.88. The van der Waals surface area contributed by atoms with Crippen molar-refractivity contribution < 1.29 is 13.2 Å². The van der Waals surface area contributed by atoms with Gasteiger partial charge in [-0.3, -0.25) is 4.79 Å². The lowest BCUT2D eigenvalue weighted by Crippen LogP contribution is -2.35. The van der Waals surface area contributed by atoms with Crippen molar-refractivity contribution in [3.8, 4) is 0 Å². The van der Waals surface area contributed by atoms with E-state index in [2.05, 4.69) is 0 Å². The second-order valence-electron chi connectivity index (χ2n) is 3.18. The molecule has 1 unspecified atom stereocenters. The minimum atomic E-state index is -3.53. The van der Waals surface area contributed by atoms with Gasteiger partial charge in [-0.2, -0.15) is 12.7 Å². The van der Waals surface area contributed by atoms with E-state index in [1.807, 2.05) is 18.6 Å². The minimum absolute atomic E-state index is 0.00715. The Morgan fingerprint density at radius 2 is 2.00 bits per heavy atom. The highest BCUT2D eigenvalue weighted by Crippen LogP contribution is 2.17. The van der Waals surface area contributed by atoms with Crippen molar-refractivity contribution in [1.82, 2.24) is 9.03 Å². The number of carbonyl (C=O) groups is 1. The normalized spacial score (nSPS) is 29.3. The van der Waals surface area contributed by atoms with Crippen molar-refractivity contribution in [3.63, 3.8) is 0 Å². The first-order valence-electron chi connectivity index (χ1n) is 3.66. The molecule has 1 amide bonds. The Hall–Kier alpha value is -0.620. The van der Waals surface area contributed by atoms with E-state index in [1.54, 1.807) is 0 Å². The Labute approximate surface area is 71.9 Å². The van der Waals surface area contributed by atoms with Crippen LogP contribution in [0.25, 0.3) is 0 Å². The molecule has 1 atom stereocenters. The second kappa shape index (κ2) is 2.70.